The minimum absolute atomic E-state index is 0.145. The summed E-state index contributed by atoms with van der Waals surface area (Å²) in [4.78, 5) is 17.5. The number of hydrogen-bond acceptors (Lipinski definition) is 4. The molecule has 1 amide bonds. The first-order chi connectivity index (χ1) is 13.2. The van der Waals surface area contributed by atoms with Crippen molar-refractivity contribution < 1.29 is 4.79 Å². The number of fused-ring (bicyclic) bond motifs is 1. The van der Waals surface area contributed by atoms with Crippen molar-refractivity contribution in [2.75, 3.05) is 26.2 Å². The molecule has 1 aromatic carbocycles. The largest absolute Gasteiger partial charge is 0.341 e. The van der Waals surface area contributed by atoms with Crippen molar-refractivity contribution in [1.82, 2.24) is 9.80 Å². The maximum atomic E-state index is 12.8. The summed E-state index contributed by atoms with van der Waals surface area (Å²) in [7, 11) is 0. The molecule has 0 radical (unpaired) electrons. The zero-order chi connectivity index (χ0) is 18.6. The predicted octanol–water partition coefficient (Wildman–Crippen LogP) is 3.64. The second-order valence-corrected chi connectivity index (χ2v) is 8.97. The van der Waals surface area contributed by atoms with Gasteiger partial charge < -0.3 is 15.5 Å². The zero-order valence-corrected chi connectivity index (χ0v) is 16.9. The SMILES string of the molecule is N[C@H](CCc1csc2ccccc12)C(=O)N1CCC(N2CCCCC2)CC1. The third-order valence-electron chi connectivity index (χ3n) is 6.29. The Balaban J connectivity index is 1.27. The van der Waals surface area contributed by atoms with Crippen LogP contribution in [0.2, 0.25) is 0 Å². The standard InChI is InChI=1S/C22H31N3OS/c23-20(9-8-17-16-27-21-7-3-2-6-19(17)21)22(26)25-14-10-18(11-15-25)24-12-4-1-5-13-24/h2-3,6-7,16,18,20H,1,4-5,8-15,23H2/t20-/m1/s1. The van der Waals surface area contributed by atoms with E-state index in [1.807, 2.05) is 4.90 Å². The molecule has 2 aliphatic heterocycles. The molecule has 2 saturated heterocycles. The fraction of sp³-hybridized carbons (Fsp3) is 0.591. The van der Waals surface area contributed by atoms with Gasteiger partial charge in [-0.15, -0.1) is 11.3 Å². The highest BCUT2D eigenvalue weighted by Gasteiger charge is 2.29. The molecule has 2 fully saturated rings. The van der Waals surface area contributed by atoms with Crippen LogP contribution in [0.5, 0.6) is 0 Å². The van der Waals surface area contributed by atoms with Gasteiger partial charge in [-0.1, -0.05) is 24.6 Å². The average molecular weight is 386 g/mol. The fourth-order valence-electron chi connectivity index (χ4n) is 4.63. The van der Waals surface area contributed by atoms with Crippen molar-refractivity contribution in [1.29, 1.82) is 0 Å². The lowest BCUT2D eigenvalue weighted by atomic mass is 9.98. The first-order valence-corrected chi connectivity index (χ1v) is 11.3. The number of carbonyl (C=O) groups is 1. The van der Waals surface area contributed by atoms with Crippen LogP contribution in [0.4, 0.5) is 0 Å². The van der Waals surface area contributed by atoms with E-state index in [0.29, 0.717) is 6.04 Å². The van der Waals surface area contributed by atoms with Crippen LogP contribution in [-0.4, -0.2) is 54.0 Å². The number of likely N-dealkylation sites (tertiary alicyclic amines) is 2. The lowest BCUT2D eigenvalue weighted by Gasteiger charge is -2.40. The summed E-state index contributed by atoms with van der Waals surface area (Å²) >= 11 is 1.77. The molecule has 0 spiro atoms. The molecule has 0 saturated carbocycles. The van der Waals surface area contributed by atoms with E-state index in [9.17, 15) is 4.79 Å². The normalized spacial score (nSPS) is 20.9. The molecule has 5 heteroatoms. The van der Waals surface area contributed by atoms with E-state index >= 15 is 0 Å². The minimum Gasteiger partial charge on any atom is -0.341 e. The van der Waals surface area contributed by atoms with Crippen molar-refractivity contribution in [2.45, 2.75) is 57.0 Å². The Hall–Kier alpha value is -1.43. The maximum Gasteiger partial charge on any atom is 0.239 e. The van der Waals surface area contributed by atoms with E-state index in [4.69, 9.17) is 5.73 Å². The predicted molar refractivity (Wildman–Crippen MR) is 113 cm³/mol. The highest BCUT2D eigenvalue weighted by Crippen LogP contribution is 2.27. The number of hydrogen-bond donors (Lipinski definition) is 1. The summed E-state index contributed by atoms with van der Waals surface area (Å²) in [6, 6.07) is 8.76. The molecule has 4 nitrogen and oxygen atoms in total. The van der Waals surface area contributed by atoms with Gasteiger partial charge in [-0.25, -0.2) is 0 Å². The smallest absolute Gasteiger partial charge is 0.239 e. The van der Waals surface area contributed by atoms with Crippen molar-refractivity contribution >= 4 is 27.3 Å². The Labute approximate surface area is 166 Å². The van der Waals surface area contributed by atoms with Gasteiger partial charge >= 0.3 is 0 Å². The van der Waals surface area contributed by atoms with Crippen LogP contribution in [0.3, 0.4) is 0 Å². The fourth-order valence-corrected chi connectivity index (χ4v) is 5.63. The summed E-state index contributed by atoms with van der Waals surface area (Å²) in [5.74, 6) is 0.145. The van der Waals surface area contributed by atoms with Crippen LogP contribution >= 0.6 is 11.3 Å². The first kappa shape index (κ1) is 18.9. The number of rotatable bonds is 5. The van der Waals surface area contributed by atoms with Crippen LogP contribution < -0.4 is 5.73 Å². The van der Waals surface area contributed by atoms with E-state index in [2.05, 4.69) is 34.5 Å². The summed E-state index contributed by atoms with van der Waals surface area (Å²) in [5.41, 5.74) is 7.61. The third kappa shape index (κ3) is 4.36. The van der Waals surface area contributed by atoms with Crippen LogP contribution in [-0.2, 0) is 11.2 Å². The minimum atomic E-state index is -0.379. The molecule has 2 aromatic rings. The summed E-state index contributed by atoms with van der Waals surface area (Å²) in [6.07, 6.45) is 7.86. The molecule has 27 heavy (non-hydrogen) atoms. The summed E-state index contributed by atoms with van der Waals surface area (Å²) in [6.45, 7) is 4.23. The maximum absolute atomic E-state index is 12.8. The highest BCUT2D eigenvalue weighted by atomic mass is 32.1. The molecule has 3 heterocycles. The van der Waals surface area contributed by atoms with Crippen molar-refractivity contribution in [3.63, 3.8) is 0 Å². The molecule has 0 aliphatic carbocycles. The number of benzene rings is 1. The lowest BCUT2D eigenvalue weighted by Crippen LogP contribution is -2.51. The molecular weight excluding hydrogens is 354 g/mol. The molecule has 0 unspecified atom stereocenters. The van der Waals surface area contributed by atoms with Crippen LogP contribution in [0.1, 0.15) is 44.1 Å². The van der Waals surface area contributed by atoms with Gasteiger partial charge in [-0.2, -0.15) is 0 Å². The molecule has 2 aliphatic rings. The second kappa shape index (κ2) is 8.72. The monoisotopic (exact) mass is 385 g/mol. The van der Waals surface area contributed by atoms with E-state index in [1.54, 1.807) is 11.3 Å². The number of nitrogens with two attached hydrogens (primary N) is 1. The van der Waals surface area contributed by atoms with E-state index in [-0.39, 0.29) is 11.9 Å². The van der Waals surface area contributed by atoms with E-state index in [0.717, 1.165) is 38.8 Å². The molecule has 1 aromatic heterocycles. The van der Waals surface area contributed by atoms with Gasteiger partial charge in [-0.3, -0.25) is 4.79 Å². The van der Waals surface area contributed by atoms with Crippen LogP contribution in [0, 0.1) is 0 Å². The zero-order valence-electron chi connectivity index (χ0n) is 16.1. The molecular formula is C22H31N3OS. The van der Waals surface area contributed by atoms with Gasteiger partial charge in [0.25, 0.3) is 0 Å². The average Bonchev–Trinajstić information content (AvgIpc) is 3.15. The third-order valence-corrected chi connectivity index (χ3v) is 7.30. The van der Waals surface area contributed by atoms with Gasteiger partial charge in [0.1, 0.15) is 0 Å². The molecule has 146 valence electrons. The molecule has 4 rings (SSSR count). The number of nitrogens with zero attached hydrogens (tertiary/aromatic N) is 2. The van der Waals surface area contributed by atoms with Crippen molar-refractivity contribution in [3.8, 4) is 0 Å². The van der Waals surface area contributed by atoms with Gasteiger partial charge in [-0.05, 0) is 74.0 Å². The Morgan fingerprint density at radius 1 is 1.11 bits per heavy atom. The number of carbonyl (C=O) groups excluding carboxylic acids is 1. The second-order valence-electron chi connectivity index (χ2n) is 8.06. The Bertz CT molecular complexity index is 760. The summed E-state index contributed by atoms with van der Waals surface area (Å²) < 4.78 is 1.31. The first-order valence-electron chi connectivity index (χ1n) is 10.5. The Morgan fingerprint density at radius 2 is 1.85 bits per heavy atom. The number of piperidine rings is 2. The van der Waals surface area contributed by atoms with Gasteiger partial charge in [0, 0.05) is 23.8 Å². The van der Waals surface area contributed by atoms with Crippen molar-refractivity contribution in [2.24, 2.45) is 5.73 Å². The summed E-state index contributed by atoms with van der Waals surface area (Å²) in [5, 5.41) is 3.52. The number of amides is 1. The molecule has 0 bridgehead atoms. The van der Waals surface area contributed by atoms with Gasteiger partial charge in [0.05, 0.1) is 6.04 Å². The van der Waals surface area contributed by atoms with Crippen LogP contribution in [0.15, 0.2) is 29.6 Å². The Morgan fingerprint density at radius 3 is 2.63 bits per heavy atom. The lowest BCUT2D eigenvalue weighted by molar-refractivity contribution is -0.134. The molecule has 1 atom stereocenters. The van der Waals surface area contributed by atoms with Gasteiger partial charge in [0.2, 0.25) is 5.91 Å². The molecule has 2 N–H and O–H groups in total. The Kier molecular flexibility index (Phi) is 6.11. The van der Waals surface area contributed by atoms with Crippen molar-refractivity contribution in [3.05, 3.63) is 35.2 Å². The number of thiophene rings is 1. The van der Waals surface area contributed by atoms with E-state index < -0.39 is 0 Å². The highest BCUT2D eigenvalue weighted by molar-refractivity contribution is 7.17. The van der Waals surface area contributed by atoms with E-state index in [1.165, 1.54) is 48.0 Å². The van der Waals surface area contributed by atoms with Crippen LogP contribution in [0.25, 0.3) is 10.1 Å². The van der Waals surface area contributed by atoms with Gasteiger partial charge in [0.15, 0.2) is 0 Å². The quantitative estimate of drug-likeness (QED) is 0.855. The number of aryl methyl sites for hydroxylation is 1. The topological polar surface area (TPSA) is 49.6 Å².